The minimum absolute atomic E-state index is 0.120. The normalized spacial score (nSPS) is 11.5. The lowest BCUT2D eigenvalue weighted by atomic mass is 10.2. The molecule has 0 unspecified atom stereocenters. The van der Waals surface area contributed by atoms with E-state index in [2.05, 4.69) is 26.3 Å². The Bertz CT molecular complexity index is 612. The first kappa shape index (κ1) is 22.3. The summed E-state index contributed by atoms with van der Waals surface area (Å²) in [6.07, 6.45) is -0.449. The number of ether oxygens (including phenoxy) is 1. The van der Waals surface area contributed by atoms with E-state index in [1.807, 2.05) is 45.9 Å². The molecule has 0 spiro atoms. The quantitative estimate of drug-likeness (QED) is 0.312. The van der Waals surface area contributed by atoms with Crippen molar-refractivity contribution in [2.75, 3.05) is 32.7 Å². The third kappa shape index (κ3) is 10.7. The monoisotopic (exact) mass is 377 g/mol. The molecule has 0 saturated carbocycles. The Morgan fingerprint density at radius 1 is 0.963 bits per heavy atom. The second-order valence-electron chi connectivity index (χ2n) is 6.74. The van der Waals surface area contributed by atoms with Gasteiger partial charge in [0.15, 0.2) is 5.96 Å². The highest BCUT2D eigenvalue weighted by Gasteiger charge is 2.15. The van der Waals surface area contributed by atoms with Gasteiger partial charge in [0.25, 0.3) is 5.91 Å². The van der Waals surface area contributed by atoms with Crippen molar-refractivity contribution in [2.24, 2.45) is 4.99 Å². The van der Waals surface area contributed by atoms with Crippen LogP contribution in [0.15, 0.2) is 35.3 Å². The average Bonchev–Trinajstić information content (AvgIpc) is 2.61. The maximum Gasteiger partial charge on any atom is 0.407 e. The highest BCUT2D eigenvalue weighted by atomic mass is 16.6. The van der Waals surface area contributed by atoms with Crippen molar-refractivity contribution in [1.82, 2.24) is 21.3 Å². The number of nitrogens with one attached hydrogen (secondary N) is 4. The van der Waals surface area contributed by atoms with Crippen molar-refractivity contribution in [3.63, 3.8) is 0 Å². The number of guanidine groups is 1. The Hall–Kier alpha value is -2.77. The van der Waals surface area contributed by atoms with Gasteiger partial charge >= 0.3 is 6.09 Å². The average molecular weight is 377 g/mol. The molecule has 1 aromatic rings. The molecular formula is C19H31N5O3. The van der Waals surface area contributed by atoms with Crippen molar-refractivity contribution in [2.45, 2.75) is 33.3 Å². The Labute approximate surface area is 161 Å². The van der Waals surface area contributed by atoms with Crippen LogP contribution in [-0.2, 0) is 4.74 Å². The van der Waals surface area contributed by atoms with Gasteiger partial charge < -0.3 is 26.0 Å². The van der Waals surface area contributed by atoms with E-state index in [9.17, 15) is 9.59 Å². The van der Waals surface area contributed by atoms with Gasteiger partial charge in [-0.1, -0.05) is 18.2 Å². The first-order valence-electron chi connectivity index (χ1n) is 9.14. The fourth-order valence-corrected chi connectivity index (χ4v) is 2.03. The number of aliphatic imine (C=N–C) groups is 1. The van der Waals surface area contributed by atoms with Crippen LogP contribution in [0.4, 0.5) is 4.79 Å². The lowest BCUT2D eigenvalue weighted by Gasteiger charge is -2.19. The highest BCUT2D eigenvalue weighted by Crippen LogP contribution is 2.05. The number of hydrogen-bond acceptors (Lipinski definition) is 4. The lowest BCUT2D eigenvalue weighted by Crippen LogP contribution is -2.42. The molecule has 8 nitrogen and oxygen atoms in total. The van der Waals surface area contributed by atoms with E-state index in [0.717, 1.165) is 0 Å². The molecular weight excluding hydrogens is 346 g/mol. The predicted octanol–water partition coefficient (Wildman–Crippen LogP) is 1.50. The number of rotatable bonds is 8. The number of alkyl carbamates (subject to hydrolysis) is 1. The van der Waals surface area contributed by atoms with Crippen LogP contribution in [0.2, 0.25) is 0 Å². The zero-order valence-electron chi connectivity index (χ0n) is 16.6. The molecule has 0 aliphatic carbocycles. The molecule has 0 heterocycles. The SMILES string of the molecule is CCNC(=NCCNC(=O)c1ccccc1)NCCNC(=O)OC(C)(C)C. The molecule has 0 aliphatic rings. The molecule has 0 saturated heterocycles. The molecule has 1 rings (SSSR count). The van der Waals surface area contributed by atoms with E-state index < -0.39 is 11.7 Å². The summed E-state index contributed by atoms with van der Waals surface area (Å²) in [5, 5.41) is 11.7. The Kier molecular flexibility index (Phi) is 9.71. The van der Waals surface area contributed by atoms with Crippen LogP contribution in [0, 0.1) is 0 Å². The zero-order valence-corrected chi connectivity index (χ0v) is 16.6. The number of benzene rings is 1. The first-order chi connectivity index (χ1) is 12.8. The topological polar surface area (TPSA) is 104 Å². The summed E-state index contributed by atoms with van der Waals surface area (Å²) < 4.78 is 5.17. The van der Waals surface area contributed by atoms with E-state index in [1.54, 1.807) is 12.1 Å². The Balaban J connectivity index is 2.29. The lowest BCUT2D eigenvalue weighted by molar-refractivity contribution is 0.0528. The van der Waals surface area contributed by atoms with Crippen molar-refractivity contribution in [3.05, 3.63) is 35.9 Å². The van der Waals surface area contributed by atoms with Gasteiger partial charge in [0.2, 0.25) is 0 Å². The third-order valence-electron chi connectivity index (χ3n) is 3.13. The van der Waals surface area contributed by atoms with Crippen LogP contribution in [0.1, 0.15) is 38.1 Å². The molecule has 150 valence electrons. The van der Waals surface area contributed by atoms with Crippen molar-refractivity contribution >= 4 is 18.0 Å². The first-order valence-corrected chi connectivity index (χ1v) is 9.14. The maximum absolute atomic E-state index is 11.9. The number of carbonyl (C=O) groups is 2. The van der Waals surface area contributed by atoms with Crippen LogP contribution < -0.4 is 21.3 Å². The molecule has 8 heteroatoms. The van der Waals surface area contributed by atoms with Crippen molar-refractivity contribution in [1.29, 1.82) is 0 Å². The zero-order chi connectivity index (χ0) is 20.1. The molecule has 0 bridgehead atoms. The second kappa shape index (κ2) is 11.8. The predicted molar refractivity (Wildman–Crippen MR) is 107 cm³/mol. The van der Waals surface area contributed by atoms with E-state index in [0.29, 0.717) is 44.2 Å². The summed E-state index contributed by atoms with van der Waals surface area (Å²) in [6.45, 7) is 9.90. The van der Waals surface area contributed by atoms with E-state index >= 15 is 0 Å². The van der Waals surface area contributed by atoms with Gasteiger partial charge in [0, 0.05) is 31.7 Å². The molecule has 27 heavy (non-hydrogen) atoms. The number of amides is 2. The largest absolute Gasteiger partial charge is 0.444 e. The number of nitrogens with zero attached hydrogens (tertiary/aromatic N) is 1. The molecule has 0 aliphatic heterocycles. The van der Waals surface area contributed by atoms with Crippen molar-refractivity contribution in [3.8, 4) is 0 Å². The molecule has 1 aromatic carbocycles. The third-order valence-corrected chi connectivity index (χ3v) is 3.13. The minimum atomic E-state index is -0.516. The minimum Gasteiger partial charge on any atom is -0.444 e. The van der Waals surface area contributed by atoms with Crippen molar-refractivity contribution < 1.29 is 14.3 Å². The van der Waals surface area contributed by atoms with Gasteiger partial charge in [0.1, 0.15) is 5.60 Å². The van der Waals surface area contributed by atoms with Gasteiger partial charge in [-0.15, -0.1) is 0 Å². The van der Waals surface area contributed by atoms with Gasteiger partial charge in [-0.05, 0) is 39.8 Å². The van der Waals surface area contributed by atoms with Gasteiger partial charge in [-0.3, -0.25) is 9.79 Å². The number of hydrogen-bond donors (Lipinski definition) is 4. The van der Waals surface area contributed by atoms with E-state index in [1.165, 1.54) is 0 Å². The van der Waals surface area contributed by atoms with Gasteiger partial charge in [0.05, 0.1) is 6.54 Å². The van der Waals surface area contributed by atoms with Gasteiger partial charge in [-0.25, -0.2) is 4.79 Å². The molecule has 0 atom stereocenters. The summed E-state index contributed by atoms with van der Waals surface area (Å²) in [5.41, 5.74) is 0.109. The van der Waals surface area contributed by atoms with E-state index in [4.69, 9.17) is 4.74 Å². The molecule has 0 radical (unpaired) electrons. The van der Waals surface area contributed by atoms with Gasteiger partial charge in [-0.2, -0.15) is 0 Å². The Morgan fingerprint density at radius 3 is 2.26 bits per heavy atom. The second-order valence-corrected chi connectivity index (χ2v) is 6.74. The summed E-state index contributed by atoms with van der Waals surface area (Å²) >= 11 is 0. The fraction of sp³-hybridized carbons (Fsp3) is 0.526. The van der Waals surface area contributed by atoms with Crippen LogP contribution in [0.5, 0.6) is 0 Å². The van der Waals surface area contributed by atoms with Crippen LogP contribution in [0.25, 0.3) is 0 Å². The Morgan fingerprint density at radius 2 is 1.63 bits per heavy atom. The molecule has 0 fully saturated rings. The molecule has 0 aromatic heterocycles. The molecule has 4 N–H and O–H groups in total. The summed E-state index contributed by atoms with van der Waals surface area (Å²) in [4.78, 5) is 27.9. The van der Waals surface area contributed by atoms with E-state index in [-0.39, 0.29) is 5.91 Å². The fourth-order valence-electron chi connectivity index (χ4n) is 2.03. The summed E-state index contributed by atoms with van der Waals surface area (Å²) in [6, 6.07) is 9.05. The van der Waals surface area contributed by atoms with Crippen LogP contribution >= 0.6 is 0 Å². The molecule has 2 amide bonds. The smallest absolute Gasteiger partial charge is 0.407 e. The van der Waals surface area contributed by atoms with Crippen LogP contribution in [0.3, 0.4) is 0 Å². The summed E-state index contributed by atoms with van der Waals surface area (Å²) in [7, 11) is 0. The number of carbonyl (C=O) groups excluding carboxylic acids is 2. The van der Waals surface area contributed by atoms with Crippen LogP contribution in [-0.4, -0.2) is 56.3 Å². The summed E-state index contributed by atoms with van der Waals surface area (Å²) in [5.74, 6) is 0.503. The highest BCUT2D eigenvalue weighted by molar-refractivity contribution is 5.94. The maximum atomic E-state index is 11.9. The standard InChI is InChI=1S/C19H31N5O3/c1-5-20-17(23-13-14-24-18(26)27-19(2,3)4)22-12-11-21-16(25)15-9-7-6-8-10-15/h6-10H,5,11-14H2,1-4H3,(H,21,25)(H,24,26)(H2,20,22,23).